The summed E-state index contributed by atoms with van der Waals surface area (Å²) in [5.41, 5.74) is -0.0972. The van der Waals surface area contributed by atoms with Crippen molar-refractivity contribution in [3.8, 4) is 11.5 Å². The number of amides is 2. The lowest BCUT2D eigenvalue weighted by Gasteiger charge is -2.15. The fourth-order valence-electron chi connectivity index (χ4n) is 2.92. The Morgan fingerprint density at radius 1 is 1.25 bits per heavy atom. The number of hydrogen-bond donors (Lipinski definition) is 1. The van der Waals surface area contributed by atoms with Gasteiger partial charge < -0.3 is 14.8 Å². The Bertz CT molecular complexity index is 1030. The van der Waals surface area contributed by atoms with Crippen LogP contribution in [-0.2, 0) is 21.4 Å². The van der Waals surface area contributed by atoms with Gasteiger partial charge in [0.15, 0.2) is 0 Å². The lowest BCUT2D eigenvalue weighted by atomic mass is 10.2. The average Bonchev–Trinajstić information content (AvgIpc) is 3.17. The fourth-order valence-corrected chi connectivity index (χ4v) is 4.57. The topological polar surface area (TPSA) is 120 Å². The number of rotatable bonds is 7. The van der Waals surface area contributed by atoms with Crippen LogP contribution in [0.4, 0.5) is 5.82 Å². The lowest BCUT2D eigenvalue weighted by molar-refractivity contribution is -0.116. The number of hydrogen-bond acceptors (Lipinski definition) is 7. The highest BCUT2D eigenvalue weighted by molar-refractivity contribution is 7.90. The third-order valence-electron chi connectivity index (χ3n) is 4.20. The summed E-state index contributed by atoms with van der Waals surface area (Å²) in [6, 6.07) is 4.28. The van der Waals surface area contributed by atoms with Crippen LogP contribution in [0.5, 0.6) is 11.5 Å². The van der Waals surface area contributed by atoms with E-state index in [4.69, 9.17) is 9.47 Å². The van der Waals surface area contributed by atoms with Crippen LogP contribution in [0, 0.1) is 0 Å². The zero-order chi connectivity index (χ0) is 20.5. The Morgan fingerprint density at radius 2 is 2.00 bits per heavy atom. The number of nitrogens with zero attached hydrogens (tertiary/aromatic N) is 3. The zero-order valence-corrected chi connectivity index (χ0v) is 16.4. The molecule has 0 saturated heterocycles. The van der Waals surface area contributed by atoms with E-state index in [1.807, 2.05) is 6.92 Å². The van der Waals surface area contributed by atoms with Crippen LogP contribution < -0.4 is 14.8 Å². The highest BCUT2D eigenvalue weighted by atomic mass is 32.2. The summed E-state index contributed by atoms with van der Waals surface area (Å²) in [4.78, 5) is 24.8. The molecule has 1 aromatic heterocycles. The number of carbonyl (C=O) groups is 2. The predicted octanol–water partition coefficient (Wildman–Crippen LogP) is 1.09. The van der Waals surface area contributed by atoms with Crippen LogP contribution in [0.1, 0.15) is 23.7 Å². The Balaban J connectivity index is 1.88. The molecule has 1 N–H and O–H groups in total. The standard InChI is InChI=1S/C17H20N4O6S/c1-4-7-20-14(5-6-18-20)19-15(22)10-21-17(23)12-8-11(26-2)9-13(27-3)16(12)28(21,24)25/h5-6,8-9H,4,7,10H2,1-3H3,(H,19,22). The van der Waals surface area contributed by atoms with Crippen LogP contribution >= 0.6 is 0 Å². The van der Waals surface area contributed by atoms with E-state index in [0.717, 1.165) is 6.42 Å². The molecule has 0 unspecified atom stereocenters. The Morgan fingerprint density at radius 3 is 2.64 bits per heavy atom. The van der Waals surface area contributed by atoms with Crippen molar-refractivity contribution in [2.24, 2.45) is 0 Å². The minimum atomic E-state index is -4.24. The van der Waals surface area contributed by atoms with Crippen LogP contribution in [0.2, 0.25) is 0 Å². The van der Waals surface area contributed by atoms with Gasteiger partial charge in [-0.05, 0) is 12.5 Å². The van der Waals surface area contributed by atoms with Gasteiger partial charge in [-0.25, -0.2) is 17.4 Å². The number of anilines is 1. The molecule has 1 aromatic carbocycles. The monoisotopic (exact) mass is 408 g/mol. The van der Waals surface area contributed by atoms with Crippen molar-refractivity contribution in [3.05, 3.63) is 30.0 Å². The molecule has 0 spiro atoms. The van der Waals surface area contributed by atoms with E-state index in [2.05, 4.69) is 10.4 Å². The summed E-state index contributed by atoms with van der Waals surface area (Å²) in [5.74, 6) is -0.800. The number of aromatic nitrogens is 2. The molecule has 150 valence electrons. The van der Waals surface area contributed by atoms with E-state index in [1.165, 1.54) is 32.5 Å². The van der Waals surface area contributed by atoms with Gasteiger partial charge in [0.25, 0.3) is 15.9 Å². The van der Waals surface area contributed by atoms with Gasteiger partial charge in [-0.15, -0.1) is 0 Å². The summed E-state index contributed by atoms with van der Waals surface area (Å²) < 4.78 is 38.0. The molecule has 28 heavy (non-hydrogen) atoms. The zero-order valence-electron chi connectivity index (χ0n) is 15.6. The quantitative estimate of drug-likeness (QED) is 0.728. The van der Waals surface area contributed by atoms with Gasteiger partial charge in [0.2, 0.25) is 5.91 Å². The number of sulfonamides is 1. The second-order valence-electron chi connectivity index (χ2n) is 6.01. The lowest BCUT2D eigenvalue weighted by Crippen LogP contribution is -2.37. The first-order valence-electron chi connectivity index (χ1n) is 8.48. The first kappa shape index (κ1) is 19.7. The van der Waals surface area contributed by atoms with E-state index in [1.54, 1.807) is 10.7 Å². The number of nitrogens with one attached hydrogen (secondary N) is 1. The van der Waals surface area contributed by atoms with Gasteiger partial charge in [-0.3, -0.25) is 9.59 Å². The molecule has 3 rings (SSSR count). The maximum atomic E-state index is 12.9. The van der Waals surface area contributed by atoms with E-state index in [0.29, 0.717) is 16.7 Å². The number of benzene rings is 1. The van der Waals surface area contributed by atoms with E-state index >= 15 is 0 Å². The molecule has 2 aromatic rings. The van der Waals surface area contributed by atoms with Crippen LogP contribution in [0.15, 0.2) is 29.3 Å². The van der Waals surface area contributed by atoms with Crippen molar-refractivity contribution in [1.82, 2.24) is 14.1 Å². The SMILES string of the molecule is CCCn1nccc1NC(=O)CN1C(=O)c2cc(OC)cc(OC)c2S1(=O)=O. The number of methoxy groups -OCH3 is 2. The summed E-state index contributed by atoms with van der Waals surface area (Å²) >= 11 is 0. The Kier molecular flexibility index (Phi) is 5.27. The normalized spacial score (nSPS) is 14.7. The molecule has 0 saturated carbocycles. The van der Waals surface area contributed by atoms with Crippen molar-refractivity contribution in [2.75, 3.05) is 26.1 Å². The third-order valence-corrected chi connectivity index (χ3v) is 6.01. The number of carbonyl (C=O) groups excluding carboxylic acids is 2. The molecule has 0 atom stereocenters. The smallest absolute Gasteiger partial charge is 0.271 e. The molecule has 11 heteroatoms. The maximum absolute atomic E-state index is 12.9. The molecule has 10 nitrogen and oxygen atoms in total. The Hall–Kier alpha value is -3.08. The summed E-state index contributed by atoms with van der Waals surface area (Å²) in [7, 11) is -1.56. The van der Waals surface area contributed by atoms with Crippen LogP contribution in [0.3, 0.4) is 0 Å². The number of aryl methyl sites for hydroxylation is 1. The third kappa shape index (κ3) is 3.28. The summed E-state index contributed by atoms with van der Waals surface area (Å²) in [6.07, 6.45) is 2.33. The molecule has 0 aliphatic carbocycles. The van der Waals surface area contributed by atoms with E-state index < -0.39 is 28.4 Å². The fraction of sp³-hybridized carbons (Fsp3) is 0.353. The first-order chi connectivity index (χ1) is 13.3. The van der Waals surface area contributed by atoms with E-state index in [9.17, 15) is 18.0 Å². The van der Waals surface area contributed by atoms with E-state index in [-0.39, 0.29) is 22.0 Å². The minimum absolute atomic E-state index is 0.0216. The number of fused-ring (bicyclic) bond motifs is 1. The molecular weight excluding hydrogens is 388 g/mol. The molecule has 0 fully saturated rings. The molecule has 0 bridgehead atoms. The average molecular weight is 408 g/mol. The van der Waals surface area contributed by atoms with Crippen LogP contribution in [-0.4, -0.2) is 55.1 Å². The Labute approximate surface area is 162 Å². The van der Waals surface area contributed by atoms with Gasteiger partial charge in [0, 0.05) is 18.7 Å². The predicted molar refractivity (Wildman–Crippen MR) is 98.9 cm³/mol. The molecule has 2 amide bonds. The van der Waals surface area contributed by atoms with Crippen LogP contribution in [0.25, 0.3) is 0 Å². The van der Waals surface area contributed by atoms with Crippen molar-refractivity contribution in [1.29, 1.82) is 0 Å². The maximum Gasteiger partial charge on any atom is 0.271 e. The van der Waals surface area contributed by atoms with Gasteiger partial charge in [-0.2, -0.15) is 5.10 Å². The molecular formula is C17H20N4O6S. The second kappa shape index (κ2) is 7.50. The van der Waals surface area contributed by atoms with Crippen molar-refractivity contribution in [3.63, 3.8) is 0 Å². The molecule has 2 heterocycles. The molecule has 1 aliphatic rings. The second-order valence-corrected chi connectivity index (χ2v) is 7.81. The first-order valence-corrected chi connectivity index (χ1v) is 9.92. The highest BCUT2D eigenvalue weighted by Crippen LogP contribution is 2.40. The highest BCUT2D eigenvalue weighted by Gasteiger charge is 2.45. The summed E-state index contributed by atoms with van der Waals surface area (Å²) in [5, 5.41) is 6.67. The molecule has 1 aliphatic heterocycles. The van der Waals surface area contributed by atoms with Crippen molar-refractivity contribution < 1.29 is 27.5 Å². The number of ether oxygens (including phenoxy) is 2. The van der Waals surface area contributed by atoms with Crippen molar-refractivity contribution >= 4 is 27.7 Å². The van der Waals surface area contributed by atoms with Gasteiger partial charge >= 0.3 is 0 Å². The van der Waals surface area contributed by atoms with Gasteiger partial charge in [-0.1, -0.05) is 6.92 Å². The van der Waals surface area contributed by atoms with Gasteiger partial charge in [0.05, 0.1) is 26.0 Å². The van der Waals surface area contributed by atoms with Gasteiger partial charge in [0.1, 0.15) is 28.8 Å². The largest absolute Gasteiger partial charge is 0.497 e. The minimum Gasteiger partial charge on any atom is -0.497 e. The summed E-state index contributed by atoms with van der Waals surface area (Å²) in [6.45, 7) is 1.88. The van der Waals surface area contributed by atoms with Crippen molar-refractivity contribution in [2.45, 2.75) is 24.8 Å². The molecule has 0 radical (unpaired) electrons.